The summed E-state index contributed by atoms with van der Waals surface area (Å²) in [6, 6.07) is 8.87. The Morgan fingerprint density at radius 1 is 1.06 bits per heavy atom. The fraction of sp³-hybridized carbons (Fsp3) is 0.429. The number of benzene rings is 1. The molecule has 2 rings (SSSR count). The molecule has 0 saturated carbocycles. The fourth-order valence-corrected chi connectivity index (χ4v) is 1.93. The third-order valence-corrected chi connectivity index (χ3v) is 2.97. The molecule has 0 amide bonds. The highest BCUT2D eigenvalue weighted by Gasteiger charge is 2.14. The number of hydrogen-bond acceptors (Lipinski definition) is 1. The Balaban J connectivity index is 2.63. The maximum atomic E-state index is 2.29. The second-order valence-electron chi connectivity index (χ2n) is 5.53. The van der Waals surface area contributed by atoms with E-state index in [1.807, 2.05) is 0 Å². The molecule has 0 saturated heterocycles. The zero-order chi connectivity index (χ0) is 11.9. The van der Waals surface area contributed by atoms with Crippen LogP contribution >= 0.6 is 0 Å². The van der Waals surface area contributed by atoms with Gasteiger partial charge in [-0.05, 0) is 23.1 Å². The Bertz CT molecular complexity index is 501. The summed E-state index contributed by atoms with van der Waals surface area (Å²) in [5.41, 5.74) is 2.86. The molecule has 0 unspecified atom stereocenters. The van der Waals surface area contributed by atoms with Crippen molar-refractivity contribution in [3.05, 3.63) is 36.0 Å². The van der Waals surface area contributed by atoms with E-state index in [0.717, 1.165) is 0 Å². The van der Waals surface area contributed by atoms with Gasteiger partial charge in [0.05, 0.1) is 5.52 Å². The average molecular weight is 216 g/mol. The molecule has 2 nitrogen and oxygen atoms in total. The van der Waals surface area contributed by atoms with Gasteiger partial charge in [-0.1, -0.05) is 32.9 Å². The zero-order valence-electron chi connectivity index (χ0n) is 10.8. The standard InChI is InChI=1S/C14H20N2/c1-14(2,3)12-7-6-11-8-9-16(15(4)5)13(11)10-12/h6-10H,1-5H3. The third kappa shape index (κ3) is 1.80. The Morgan fingerprint density at radius 3 is 2.31 bits per heavy atom. The topological polar surface area (TPSA) is 8.17 Å². The molecule has 0 aliphatic carbocycles. The SMILES string of the molecule is CN(C)n1ccc2ccc(C(C)(C)C)cc21. The number of nitrogens with zero attached hydrogens (tertiary/aromatic N) is 2. The van der Waals surface area contributed by atoms with Crippen molar-refractivity contribution in [2.75, 3.05) is 19.1 Å². The van der Waals surface area contributed by atoms with Crippen LogP contribution in [0.3, 0.4) is 0 Å². The average Bonchev–Trinajstić information content (AvgIpc) is 2.58. The Hall–Kier alpha value is -1.44. The van der Waals surface area contributed by atoms with Crippen molar-refractivity contribution in [2.24, 2.45) is 0 Å². The van der Waals surface area contributed by atoms with Crippen LogP contribution in [0.4, 0.5) is 0 Å². The number of hydrogen-bond donors (Lipinski definition) is 0. The fourth-order valence-electron chi connectivity index (χ4n) is 1.93. The predicted molar refractivity (Wildman–Crippen MR) is 70.7 cm³/mol. The van der Waals surface area contributed by atoms with E-state index in [0.29, 0.717) is 0 Å². The summed E-state index contributed by atoms with van der Waals surface area (Å²) in [7, 11) is 4.12. The summed E-state index contributed by atoms with van der Waals surface area (Å²) >= 11 is 0. The quantitative estimate of drug-likeness (QED) is 0.711. The lowest BCUT2D eigenvalue weighted by molar-refractivity contribution is 0.590. The predicted octanol–water partition coefficient (Wildman–Crippen LogP) is 3.14. The smallest absolute Gasteiger partial charge is 0.0697 e. The van der Waals surface area contributed by atoms with E-state index in [4.69, 9.17) is 0 Å². The van der Waals surface area contributed by atoms with Crippen molar-refractivity contribution in [3.8, 4) is 0 Å². The van der Waals surface area contributed by atoms with Gasteiger partial charge in [0.15, 0.2) is 0 Å². The Labute approximate surface area is 97.5 Å². The summed E-state index contributed by atoms with van der Waals surface area (Å²) in [6.07, 6.45) is 2.11. The molecule has 0 N–H and O–H groups in total. The molecule has 0 aliphatic rings. The highest BCUT2D eigenvalue weighted by atomic mass is 15.5. The van der Waals surface area contributed by atoms with Crippen LogP contribution in [-0.2, 0) is 5.41 Å². The molecule has 0 atom stereocenters. The first-order valence-electron chi connectivity index (χ1n) is 5.69. The number of fused-ring (bicyclic) bond motifs is 1. The van der Waals surface area contributed by atoms with Crippen LogP contribution in [0.1, 0.15) is 26.3 Å². The van der Waals surface area contributed by atoms with E-state index in [1.54, 1.807) is 0 Å². The molecule has 0 bridgehead atoms. The van der Waals surface area contributed by atoms with Crippen molar-refractivity contribution >= 4 is 10.9 Å². The zero-order valence-corrected chi connectivity index (χ0v) is 10.8. The molecule has 1 aromatic carbocycles. The van der Waals surface area contributed by atoms with Crippen molar-refractivity contribution in [1.29, 1.82) is 0 Å². The lowest BCUT2D eigenvalue weighted by Gasteiger charge is -2.21. The van der Waals surface area contributed by atoms with Gasteiger partial charge in [0.2, 0.25) is 0 Å². The van der Waals surface area contributed by atoms with E-state index >= 15 is 0 Å². The van der Waals surface area contributed by atoms with Gasteiger partial charge in [0, 0.05) is 25.7 Å². The lowest BCUT2D eigenvalue weighted by Crippen LogP contribution is -2.23. The first-order chi connectivity index (χ1) is 7.39. The van der Waals surface area contributed by atoms with Gasteiger partial charge in [0.25, 0.3) is 0 Å². The van der Waals surface area contributed by atoms with Gasteiger partial charge in [-0.15, -0.1) is 0 Å². The van der Waals surface area contributed by atoms with E-state index in [9.17, 15) is 0 Å². The molecule has 0 aliphatic heterocycles. The van der Waals surface area contributed by atoms with Crippen LogP contribution in [0, 0.1) is 0 Å². The van der Waals surface area contributed by atoms with Gasteiger partial charge in [0.1, 0.15) is 0 Å². The Morgan fingerprint density at radius 2 is 1.75 bits per heavy atom. The first kappa shape index (κ1) is 11.1. The number of rotatable bonds is 1. The maximum absolute atomic E-state index is 2.29. The molecule has 0 fully saturated rings. The molecular formula is C14H20N2. The molecule has 86 valence electrons. The van der Waals surface area contributed by atoms with Crippen molar-refractivity contribution in [3.63, 3.8) is 0 Å². The van der Waals surface area contributed by atoms with Gasteiger partial charge in [-0.25, -0.2) is 0 Å². The van der Waals surface area contributed by atoms with Crippen LogP contribution in [0.5, 0.6) is 0 Å². The van der Waals surface area contributed by atoms with Crippen LogP contribution in [0.15, 0.2) is 30.5 Å². The third-order valence-electron chi connectivity index (χ3n) is 2.97. The highest BCUT2D eigenvalue weighted by Crippen LogP contribution is 2.26. The molecule has 1 heterocycles. The van der Waals surface area contributed by atoms with E-state index < -0.39 is 0 Å². The van der Waals surface area contributed by atoms with E-state index in [-0.39, 0.29) is 5.41 Å². The van der Waals surface area contributed by atoms with Crippen LogP contribution in [0.25, 0.3) is 10.9 Å². The first-order valence-corrected chi connectivity index (χ1v) is 5.69. The van der Waals surface area contributed by atoms with Crippen molar-refractivity contribution in [2.45, 2.75) is 26.2 Å². The number of aromatic nitrogens is 1. The van der Waals surface area contributed by atoms with Crippen LogP contribution < -0.4 is 5.01 Å². The normalized spacial score (nSPS) is 12.1. The molecule has 0 spiro atoms. The van der Waals surface area contributed by atoms with E-state index in [2.05, 4.69) is 75.0 Å². The minimum atomic E-state index is 0.204. The van der Waals surface area contributed by atoms with Gasteiger partial charge < -0.3 is 5.01 Å². The van der Waals surface area contributed by atoms with E-state index in [1.165, 1.54) is 16.5 Å². The lowest BCUT2D eigenvalue weighted by atomic mass is 9.87. The minimum Gasteiger partial charge on any atom is -0.319 e. The van der Waals surface area contributed by atoms with Crippen molar-refractivity contribution < 1.29 is 0 Å². The molecule has 2 heteroatoms. The minimum absolute atomic E-state index is 0.204. The van der Waals surface area contributed by atoms with Crippen LogP contribution in [0.2, 0.25) is 0 Å². The van der Waals surface area contributed by atoms with Crippen LogP contribution in [-0.4, -0.2) is 18.8 Å². The summed E-state index contributed by atoms with van der Waals surface area (Å²) < 4.78 is 2.17. The van der Waals surface area contributed by atoms with Gasteiger partial charge in [-0.3, -0.25) is 4.68 Å². The van der Waals surface area contributed by atoms with Crippen molar-refractivity contribution in [1.82, 2.24) is 4.68 Å². The van der Waals surface area contributed by atoms with Gasteiger partial charge in [-0.2, -0.15) is 0 Å². The maximum Gasteiger partial charge on any atom is 0.0697 e. The molecular weight excluding hydrogens is 196 g/mol. The second kappa shape index (κ2) is 3.55. The van der Waals surface area contributed by atoms with Gasteiger partial charge >= 0.3 is 0 Å². The monoisotopic (exact) mass is 216 g/mol. The molecule has 2 aromatic rings. The molecule has 16 heavy (non-hydrogen) atoms. The summed E-state index contributed by atoms with van der Waals surface area (Å²) in [5.74, 6) is 0. The summed E-state index contributed by atoms with van der Waals surface area (Å²) in [4.78, 5) is 0. The Kier molecular flexibility index (Phi) is 2.45. The largest absolute Gasteiger partial charge is 0.319 e. The molecule has 1 aromatic heterocycles. The second-order valence-corrected chi connectivity index (χ2v) is 5.53. The summed E-state index contributed by atoms with van der Waals surface area (Å²) in [6.45, 7) is 6.74. The molecule has 0 radical (unpaired) electrons. The highest BCUT2D eigenvalue weighted by molar-refractivity contribution is 5.81. The summed E-state index contributed by atoms with van der Waals surface area (Å²) in [5, 5.41) is 3.39.